The molecule has 0 spiro atoms. The maximum atomic E-state index is 13.0. The molecule has 0 radical (unpaired) electrons. The molecule has 4 saturated carbocycles. The lowest BCUT2D eigenvalue weighted by Gasteiger charge is -2.61. The molecule has 7 nitrogen and oxygen atoms in total. The van der Waals surface area contributed by atoms with Crippen LogP contribution in [0.15, 0.2) is 11.6 Å². The molecule has 5 aliphatic carbocycles. The smallest absolute Gasteiger partial charge is 0.306 e. The summed E-state index contributed by atoms with van der Waals surface area (Å²) < 4.78 is 6.08. The average Bonchev–Trinajstić information content (AvgIpc) is 3.44. The number of rotatable bonds is 6. The first-order valence-corrected chi connectivity index (χ1v) is 14.0. The molecule has 36 heavy (non-hydrogen) atoms. The van der Waals surface area contributed by atoms with E-state index in [4.69, 9.17) is 4.74 Å². The predicted molar refractivity (Wildman–Crippen MR) is 132 cm³/mol. The number of ketones is 2. The highest BCUT2D eigenvalue weighted by Crippen LogP contribution is 2.67. The van der Waals surface area contributed by atoms with Crippen LogP contribution in [-0.2, 0) is 19.1 Å². The first kappa shape index (κ1) is 26.1. The van der Waals surface area contributed by atoms with Gasteiger partial charge in [0, 0.05) is 29.6 Å². The number of aliphatic hydroxyl groups excluding tert-OH is 2. The van der Waals surface area contributed by atoms with Crippen molar-refractivity contribution in [3.05, 3.63) is 11.6 Å². The Bertz CT molecular complexity index is 951. The lowest BCUT2D eigenvalue weighted by Crippen LogP contribution is -2.64. The second-order valence-corrected chi connectivity index (χ2v) is 12.8. The highest BCUT2D eigenvalue weighted by atomic mass is 16.5. The Kier molecular flexibility index (Phi) is 6.74. The van der Waals surface area contributed by atoms with E-state index >= 15 is 0 Å². The van der Waals surface area contributed by atoms with Gasteiger partial charge in [-0.25, -0.2) is 0 Å². The van der Waals surface area contributed by atoms with E-state index in [9.17, 15) is 29.7 Å². The van der Waals surface area contributed by atoms with Gasteiger partial charge >= 0.3 is 5.97 Å². The van der Waals surface area contributed by atoms with Crippen molar-refractivity contribution in [3.63, 3.8) is 0 Å². The van der Waals surface area contributed by atoms with Crippen LogP contribution in [0.2, 0.25) is 0 Å². The quantitative estimate of drug-likeness (QED) is 0.477. The van der Waals surface area contributed by atoms with E-state index in [0.29, 0.717) is 25.2 Å². The number of carbonyl (C=O) groups is 3. The molecule has 5 rings (SSSR count). The van der Waals surface area contributed by atoms with Crippen LogP contribution in [0.3, 0.4) is 0 Å². The monoisotopic (exact) mass is 502 g/mol. The fourth-order valence-electron chi connectivity index (χ4n) is 9.30. The van der Waals surface area contributed by atoms with E-state index in [2.05, 4.69) is 0 Å². The molecule has 0 saturated heterocycles. The lowest BCUT2D eigenvalue weighted by molar-refractivity contribution is -0.197. The van der Waals surface area contributed by atoms with Gasteiger partial charge in [0.1, 0.15) is 18.3 Å². The van der Waals surface area contributed by atoms with Crippen molar-refractivity contribution in [2.24, 2.45) is 34.5 Å². The highest BCUT2D eigenvalue weighted by molar-refractivity contribution is 5.92. The Morgan fingerprint density at radius 2 is 1.86 bits per heavy atom. The van der Waals surface area contributed by atoms with Crippen molar-refractivity contribution >= 4 is 17.5 Å². The molecule has 0 aliphatic heterocycles. The number of hydrogen-bond donors (Lipinski definition) is 3. The third kappa shape index (κ3) is 3.83. The maximum Gasteiger partial charge on any atom is 0.306 e. The second kappa shape index (κ2) is 9.32. The van der Waals surface area contributed by atoms with Gasteiger partial charge in [0.15, 0.2) is 11.6 Å². The summed E-state index contributed by atoms with van der Waals surface area (Å²) in [7, 11) is 0. The van der Waals surface area contributed by atoms with Gasteiger partial charge in [-0.2, -0.15) is 0 Å². The van der Waals surface area contributed by atoms with Gasteiger partial charge in [-0.05, 0) is 62.4 Å². The van der Waals surface area contributed by atoms with Crippen molar-refractivity contribution in [1.82, 2.24) is 0 Å². The van der Waals surface area contributed by atoms with Crippen LogP contribution >= 0.6 is 0 Å². The number of carbonyl (C=O) groups excluding carboxylic acids is 3. The highest BCUT2D eigenvalue weighted by Gasteiger charge is 2.69. The van der Waals surface area contributed by atoms with Gasteiger partial charge in [0.05, 0.1) is 6.10 Å². The van der Waals surface area contributed by atoms with Crippen molar-refractivity contribution in [3.8, 4) is 0 Å². The summed E-state index contributed by atoms with van der Waals surface area (Å²) in [6.07, 6.45) is 8.94. The fraction of sp³-hybridized carbons (Fsp3) is 0.828. The summed E-state index contributed by atoms with van der Waals surface area (Å²) in [4.78, 5) is 38.2. The van der Waals surface area contributed by atoms with Gasteiger partial charge in [-0.15, -0.1) is 0 Å². The van der Waals surface area contributed by atoms with Gasteiger partial charge in [-0.3, -0.25) is 14.4 Å². The van der Waals surface area contributed by atoms with Crippen molar-refractivity contribution in [2.45, 2.75) is 109 Å². The first-order valence-electron chi connectivity index (χ1n) is 14.0. The molecule has 0 aromatic carbocycles. The van der Waals surface area contributed by atoms with E-state index in [1.165, 1.54) is 25.7 Å². The van der Waals surface area contributed by atoms with Gasteiger partial charge in [-0.1, -0.05) is 45.1 Å². The minimum Gasteiger partial charge on any atom is -0.461 e. The molecular formula is C29H42O7. The zero-order chi connectivity index (χ0) is 25.9. The lowest BCUT2D eigenvalue weighted by atomic mass is 9.44. The number of ether oxygens (including phenoxy) is 1. The summed E-state index contributed by atoms with van der Waals surface area (Å²) in [5.41, 5.74) is -2.19. The largest absolute Gasteiger partial charge is 0.461 e. The van der Waals surface area contributed by atoms with Gasteiger partial charge in [0.2, 0.25) is 0 Å². The van der Waals surface area contributed by atoms with Crippen molar-refractivity contribution in [1.29, 1.82) is 0 Å². The summed E-state index contributed by atoms with van der Waals surface area (Å²) in [5.74, 6) is -0.496. The number of aliphatic hydroxyl groups is 3. The van der Waals surface area contributed by atoms with Crippen LogP contribution in [0.4, 0.5) is 0 Å². The number of fused-ring (bicyclic) bond motifs is 5. The summed E-state index contributed by atoms with van der Waals surface area (Å²) >= 11 is 0. The molecule has 0 aromatic rings. The molecule has 1 unspecified atom stereocenters. The van der Waals surface area contributed by atoms with Gasteiger partial charge in [0.25, 0.3) is 0 Å². The topological polar surface area (TPSA) is 121 Å². The summed E-state index contributed by atoms with van der Waals surface area (Å²) in [5, 5.41) is 32.6. The molecule has 4 fully saturated rings. The number of Topliss-reactive ketones (excluding diaryl/α,β-unsaturated/α-hetero) is 1. The van der Waals surface area contributed by atoms with Crippen molar-refractivity contribution in [2.75, 3.05) is 6.61 Å². The Labute approximate surface area is 213 Å². The van der Waals surface area contributed by atoms with E-state index in [0.717, 1.165) is 18.4 Å². The van der Waals surface area contributed by atoms with Crippen LogP contribution < -0.4 is 0 Å². The molecule has 8 atom stereocenters. The minimum atomic E-state index is -1.65. The van der Waals surface area contributed by atoms with Crippen LogP contribution in [0.25, 0.3) is 0 Å². The Morgan fingerprint density at radius 1 is 1.14 bits per heavy atom. The third-order valence-corrected chi connectivity index (χ3v) is 11.2. The molecule has 200 valence electrons. The van der Waals surface area contributed by atoms with Crippen molar-refractivity contribution < 1.29 is 34.4 Å². The summed E-state index contributed by atoms with van der Waals surface area (Å²) in [6, 6.07) is 0. The molecule has 0 heterocycles. The minimum absolute atomic E-state index is 0.00104. The molecule has 0 bridgehead atoms. The third-order valence-electron chi connectivity index (χ3n) is 11.2. The molecule has 0 amide bonds. The number of esters is 1. The molecule has 3 N–H and O–H groups in total. The number of hydrogen-bond acceptors (Lipinski definition) is 7. The van der Waals surface area contributed by atoms with Crippen LogP contribution in [0, 0.1) is 34.5 Å². The molecule has 7 heteroatoms. The predicted octanol–water partition coefficient (Wildman–Crippen LogP) is 3.27. The maximum absolute atomic E-state index is 13.0. The Hall–Kier alpha value is -1.57. The molecule has 0 aromatic heterocycles. The van der Waals surface area contributed by atoms with E-state index in [1.54, 1.807) is 6.08 Å². The first-order chi connectivity index (χ1) is 17.0. The standard InChI is InChI=1S/C29H42O7/c1-27-15-22(32)26-20(21(27)11-12-29(27,35)23(33)16-30)9-8-18-13-19(31)14-24(28(18,26)2)36-25(34)10-7-17-5-3-4-6-17/h13,17,20-22,24,26,30,32,35H,3-12,14-16H2,1-2H3/t20-,21-,22-,24?,26+,27-,28+,29-/m0/s1. The zero-order valence-corrected chi connectivity index (χ0v) is 21.7. The van der Waals surface area contributed by atoms with Crippen LogP contribution in [-0.4, -0.2) is 57.3 Å². The Balaban J connectivity index is 1.41. The normalized spacial score (nSPS) is 44.4. The fourth-order valence-corrected chi connectivity index (χ4v) is 9.30. The van der Waals surface area contributed by atoms with E-state index in [-0.39, 0.29) is 48.8 Å². The van der Waals surface area contributed by atoms with Crippen LogP contribution in [0.1, 0.15) is 90.9 Å². The van der Waals surface area contributed by atoms with Gasteiger partial charge < -0.3 is 20.1 Å². The van der Waals surface area contributed by atoms with Crippen LogP contribution in [0.5, 0.6) is 0 Å². The second-order valence-electron chi connectivity index (χ2n) is 12.8. The molecular weight excluding hydrogens is 460 g/mol. The Morgan fingerprint density at radius 3 is 2.56 bits per heavy atom. The van der Waals surface area contributed by atoms with E-state index < -0.39 is 41.0 Å². The SMILES string of the molecule is C[C@]12C[C@H](O)[C@H]3[C@@H](CCC4=CC(=O)CC(OC(=O)CCC5CCCC5)[C@@]43C)[C@@H]1CC[C@]2(O)C(=O)CO. The molecule has 5 aliphatic rings. The average molecular weight is 503 g/mol. The summed E-state index contributed by atoms with van der Waals surface area (Å²) in [6.45, 7) is 3.22. The van der Waals surface area contributed by atoms with E-state index in [1.807, 2.05) is 13.8 Å². The zero-order valence-electron chi connectivity index (χ0n) is 21.7.